The van der Waals surface area contributed by atoms with E-state index in [-0.39, 0.29) is 29.2 Å². The standard InChI is InChI=1S/C11H14ClFN2O2S.ClH/c12-10-5-8(1-2-11(10)13)7-18(16,17)15-9-3-4-14-6-9;/h1-2,5,9,14-15H,3-4,6-7H2;1H. The summed E-state index contributed by atoms with van der Waals surface area (Å²) < 4.78 is 39.3. The maximum Gasteiger partial charge on any atom is 0.216 e. The fraction of sp³-hybridized carbons (Fsp3) is 0.455. The smallest absolute Gasteiger partial charge is 0.216 e. The normalized spacial score (nSPS) is 19.2. The van der Waals surface area contributed by atoms with Crippen LogP contribution in [0, 0.1) is 5.82 Å². The molecule has 1 aromatic rings. The molecule has 8 heteroatoms. The molecule has 0 aliphatic carbocycles. The van der Waals surface area contributed by atoms with Gasteiger partial charge in [0.1, 0.15) is 5.82 Å². The van der Waals surface area contributed by atoms with Crippen LogP contribution in [0.4, 0.5) is 4.39 Å². The van der Waals surface area contributed by atoms with Gasteiger partial charge in [0.2, 0.25) is 10.0 Å². The first-order valence-corrected chi connectivity index (χ1v) is 7.64. The molecule has 1 atom stereocenters. The first kappa shape index (κ1) is 16.7. The molecule has 0 aromatic heterocycles. The van der Waals surface area contributed by atoms with E-state index in [1.165, 1.54) is 18.2 Å². The molecule has 1 heterocycles. The van der Waals surface area contributed by atoms with Gasteiger partial charge in [0, 0.05) is 12.6 Å². The van der Waals surface area contributed by atoms with Gasteiger partial charge >= 0.3 is 0 Å². The van der Waals surface area contributed by atoms with Crippen LogP contribution in [0.1, 0.15) is 12.0 Å². The summed E-state index contributed by atoms with van der Waals surface area (Å²) in [6.45, 7) is 1.46. The Morgan fingerprint density at radius 3 is 2.79 bits per heavy atom. The maximum atomic E-state index is 13.0. The van der Waals surface area contributed by atoms with Crippen LogP contribution in [-0.2, 0) is 15.8 Å². The molecule has 0 bridgehead atoms. The van der Waals surface area contributed by atoms with Crippen LogP contribution in [0.3, 0.4) is 0 Å². The molecule has 0 amide bonds. The number of hydrogen-bond acceptors (Lipinski definition) is 3. The molecule has 1 aliphatic heterocycles. The van der Waals surface area contributed by atoms with Crippen molar-refractivity contribution < 1.29 is 12.8 Å². The van der Waals surface area contributed by atoms with Crippen LogP contribution in [0.25, 0.3) is 0 Å². The lowest BCUT2D eigenvalue weighted by Gasteiger charge is -2.12. The molecule has 1 saturated heterocycles. The molecule has 1 aromatic carbocycles. The largest absolute Gasteiger partial charge is 0.315 e. The Kier molecular flexibility index (Phi) is 6.01. The number of benzene rings is 1. The van der Waals surface area contributed by atoms with Crippen molar-refractivity contribution in [3.8, 4) is 0 Å². The molecule has 4 nitrogen and oxygen atoms in total. The molecular weight excluding hydrogens is 314 g/mol. The summed E-state index contributed by atoms with van der Waals surface area (Å²) in [4.78, 5) is 0. The van der Waals surface area contributed by atoms with Gasteiger partial charge in [-0.1, -0.05) is 17.7 Å². The zero-order valence-corrected chi connectivity index (χ0v) is 12.4. The molecule has 0 radical (unpaired) electrons. The van der Waals surface area contributed by atoms with Crippen LogP contribution in [0.2, 0.25) is 5.02 Å². The Bertz CT molecular complexity index is 533. The van der Waals surface area contributed by atoms with Crippen LogP contribution in [0.5, 0.6) is 0 Å². The summed E-state index contributed by atoms with van der Waals surface area (Å²) in [5.41, 5.74) is 0.472. The summed E-state index contributed by atoms with van der Waals surface area (Å²) in [7, 11) is -3.42. The van der Waals surface area contributed by atoms with Crippen molar-refractivity contribution in [2.75, 3.05) is 13.1 Å². The SMILES string of the molecule is Cl.O=S(=O)(Cc1ccc(F)c(Cl)c1)NC1CCNC1. The van der Waals surface area contributed by atoms with Crippen LogP contribution >= 0.6 is 24.0 Å². The van der Waals surface area contributed by atoms with E-state index in [1.54, 1.807) is 0 Å². The van der Waals surface area contributed by atoms with E-state index in [0.29, 0.717) is 12.1 Å². The minimum Gasteiger partial charge on any atom is -0.315 e. The van der Waals surface area contributed by atoms with Crippen LogP contribution < -0.4 is 10.0 Å². The third-order valence-electron chi connectivity index (χ3n) is 2.75. The predicted molar refractivity (Wildman–Crippen MR) is 75.7 cm³/mol. The quantitative estimate of drug-likeness (QED) is 0.884. The minimum atomic E-state index is -3.42. The average molecular weight is 329 g/mol. The summed E-state index contributed by atoms with van der Waals surface area (Å²) >= 11 is 5.61. The minimum absolute atomic E-state index is 0. The van der Waals surface area contributed by atoms with Crippen molar-refractivity contribution in [3.05, 3.63) is 34.6 Å². The number of sulfonamides is 1. The van der Waals surface area contributed by atoms with Crippen molar-refractivity contribution >= 4 is 34.0 Å². The highest BCUT2D eigenvalue weighted by atomic mass is 35.5. The van der Waals surface area contributed by atoms with E-state index in [9.17, 15) is 12.8 Å². The molecule has 19 heavy (non-hydrogen) atoms. The van der Waals surface area contributed by atoms with E-state index < -0.39 is 15.8 Å². The van der Waals surface area contributed by atoms with Gasteiger partial charge in [-0.3, -0.25) is 0 Å². The van der Waals surface area contributed by atoms with Gasteiger partial charge in [0.25, 0.3) is 0 Å². The van der Waals surface area contributed by atoms with Gasteiger partial charge in [-0.05, 0) is 30.7 Å². The van der Waals surface area contributed by atoms with Gasteiger partial charge < -0.3 is 5.32 Å². The Balaban J connectivity index is 0.00000180. The van der Waals surface area contributed by atoms with E-state index in [0.717, 1.165) is 13.0 Å². The Hall–Kier alpha value is -0.400. The predicted octanol–water partition coefficient (Wildman–Crippen LogP) is 1.68. The van der Waals surface area contributed by atoms with Gasteiger partial charge in [0.15, 0.2) is 0 Å². The Labute approximate surface area is 123 Å². The molecule has 2 rings (SSSR count). The second-order valence-corrected chi connectivity index (χ2v) is 6.48. The molecular formula is C11H15Cl2FN2O2S. The third kappa shape index (κ3) is 4.89. The first-order chi connectivity index (χ1) is 8.46. The zero-order chi connectivity index (χ0) is 13.2. The Morgan fingerprint density at radius 2 is 2.21 bits per heavy atom. The lowest BCUT2D eigenvalue weighted by atomic mass is 10.2. The maximum absolute atomic E-state index is 13.0. The van der Waals surface area contributed by atoms with E-state index in [2.05, 4.69) is 10.0 Å². The summed E-state index contributed by atoms with van der Waals surface area (Å²) in [6, 6.07) is 3.87. The first-order valence-electron chi connectivity index (χ1n) is 5.61. The number of halogens is 3. The zero-order valence-electron chi connectivity index (χ0n) is 10.0. The van der Waals surface area contributed by atoms with Gasteiger partial charge in [0.05, 0.1) is 10.8 Å². The molecule has 1 fully saturated rings. The highest BCUT2D eigenvalue weighted by Crippen LogP contribution is 2.17. The van der Waals surface area contributed by atoms with Gasteiger partial charge in [-0.25, -0.2) is 17.5 Å². The van der Waals surface area contributed by atoms with E-state index in [4.69, 9.17) is 11.6 Å². The lowest BCUT2D eigenvalue weighted by Crippen LogP contribution is -2.36. The summed E-state index contributed by atoms with van der Waals surface area (Å²) in [5, 5.41) is 3.01. The molecule has 108 valence electrons. The topological polar surface area (TPSA) is 58.2 Å². The monoisotopic (exact) mass is 328 g/mol. The Morgan fingerprint density at radius 1 is 1.47 bits per heavy atom. The molecule has 1 aliphatic rings. The summed E-state index contributed by atoms with van der Waals surface area (Å²) in [5.74, 6) is -0.741. The fourth-order valence-corrected chi connectivity index (χ4v) is 3.51. The van der Waals surface area contributed by atoms with Crippen molar-refractivity contribution in [2.24, 2.45) is 0 Å². The molecule has 0 saturated carbocycles. The number of nitrogens with one attached hydrogen (secondary N) is 2. The lowest BCUT2D eigenvalue weighted by molar-refractivity contribution is 0.559. The van der Waals surface area contributed by atoms with Crippen molar-refractivity contribution in [1.29, 1.82) is 0 Å². The molecule has 0 spiro atoms. The molecule has 1 unspecified atom stereocenters. The second kappa shape index (κ2) is 6.85. The second-order valence-electron chi connectivity index (χ2n) is 4.32. The third-order valence-corrected chi connectivity index (χ3v) is 4.44. The van der Waals surface area contributed by atoms with Crippen molar-refractivity contribution in [3.63, 3.8) is 0 Å². The van der Waals surface area contributed by atoms with Crippen molar-refractivity contribution in [2.45, 2.75) is 18.2 Å². The van der Waals surface area contributed by atoms with Gasteiger partial charge in [-0.15, -0.1) is 12.4 Å². The van der Waals surface area contributed by atoms with Crippen molar-refractivity contribution in [1.82, 2.24) is 10.0 Å². The number of rotatable bonds is 4. The van der Waals surface area contributed by atoms with Crippen LogP contribution in [0.15, 0.2) is 18.2 Å². The van der Waals surface area contributed by atoms with E-state index in [1.807, 2.05) is 0 Å². The van der Waals surface area contributed by atoms with Crippen LogP contribution in [-0.4, -0.2) is 27.5 Å². The highest BCUT2D eigenvalue weighted by Gasteiger charge is 2.21. The fourth-order valence-electron chi connectivity index (χ4n) is 1.90. The van der Waals surface area contributed by atoms with E-state index >= 15 is 0 Å². The summed E-state index contributed by atoms with van der Waals surface area (Å²) in [6.07, 6.45) is 0.781. The highest BCUT2D eigenvalue weighted by molar-refractivity contribution is 7.88. The average Bonchev–Trinajstić information content (AvgIpc) is 2.75. The number of hydrogen-bond donors (Lipinski definition) is 2. The van der Waals surface area contributed by atoms with Gasteiger partial charge in [-0.2, -0.15) is 0 Å². The molecule has 2 N–H and O–H groups in total.